The Morgan fingerprint density at radius 3 is 2.71 bits per heavy atom. The highest BCUT2D eigenvalue weighted by Gasteiger charge is 2.04. The van der Waals surface area contributed by atoms with Crippen molar-refractivity contribution in [1.82, 2.24) is 0 Å². The Morgan fingerprint density at radius 1 is 1.86 bits per heavy atom. The summed E-state index contributed by atoms with van der Waals surface area (Å²) < 4.78 is 0. The first-order valence-electron chi connectivity index (χ1n) is 2.65. The molecule has 0 amide bonds. The molecule has 0 heterocycles. The van der Waals surface area contributed by atoms with Gasteiger partial charge in [0, 0.05) is 0 Å². The van der Waals surface area contributed by atoms with Crippen LogP contribution in [0.25, 0.3) is 0 Å². The molecule has 1 rings (SSSR count). The van der Waals surface area contributed by atoms with Gasteiger partial charge in [0.05, 0.1) is 0 Å². The molecule has 0 saturated heterocycles. The van der Waals surface area contributed by atoms with E-state index in [9.17, 15) is 0 Å². The predicted octanol–water partition coefficient (Wildman–Crippen LogP) is 2.14. The molecule has 1 atom stereocenters. The van der Waals surface area contributed by atoms with Crippen LogP contribution in [0.5, 0.6) is 0 Å². The predicted molar refractivity (Wildman–Crippen MR) is 32.1 cm³/mol. The lowest BCUT2D eigenvalue weighted by molar-refractivity contribution is 0.884. The molecular weight excluding hydrogens is 84.1 g/mol. The highest BCUT2D eigenvalue weighted by atomic mass is 14.1. The average Bonchev–Trinajstić information content (AvgIpc) is 1.91. The molecule has 0 spiro atoms. The van der Waals surface area contributed by atoms with Crippen molar-refractivity contribution in [3.8, 4) is 0 Å². The molecule has 0 radical (unpaired) electrons. The van der Waals surface area contributed by atoms with Gasteiger partial charge in [-0.15, -0.1) is 0 Å². The summed E-state index contributed by atoms with van der Waals surface area (Å²) in [5, 5.41) is 0. The third-order valence-corrected chi connectivity index (χ3v) is 1.45. The second-order valence-corrected chi connectivity index (χ2v) is 2.08. The van der Waals surface area contributed by atoms with Crippen molar-refractivity contribution in [2.45, 2.75) is 13.3 Å². The molecule has 0 aliphatic heterocycles. The zero-order valence-corrected chi connectivity index (χ0v) is 4.65. The Balaban J connectivity index is 2.62. The van der Waals surface area contributed by atoms with Gasteiger partial charge in [-0.25, -0.2) is 0 Å². The topological polar surface area (TPSA) is 0 Å². The molecule has 0 saturated carbocycles. The van der Waals surface area contributed by atoms with Crippen molar-refractivity contribution in [2.24, 2.45) is 5.92 Å². The van der Waals surface area contributed by atoms with Crippen LogP contribution in [0.3, 0.4) is 0 Å². The largest absolute Gasteiger partial charge is 0.0990 e. The fourth-order valence-electron chi connectivity index (χ4n) is 0.746. The quantitative estimate of drug-likeness (QED) is 0.403. The molecule has 0 aromatic heterocycles. The first-order chi connectivity index (χ1) is 3.30. The van der Waals surface area contributed by atoms with Gasteiger partial charge in [0.1, 0.15) is 0 Å². The Hall–Kier alpha value is -0.520. The van der Waals surface area contributed by atoms with Crippen LogP contribution in [0.2, 0.25) is 0 Å². The van der Waals surface area contributed by atoms with Crippen molar-refractivity contribution < 1.29 is 0 Å². The molecular formula is C7H10. The summed E-state index contributed by atoms with van der Waals surface area (Å²) >= 11 is 0. The van der Waals surface area contributed by atoms with E-state index in [1.807, 2.05) is 0 Å². The average molecular weight is 94.2 g/mol. The summed E-state index contributed by atoms with van der Waals surface area (Å²) in [5.41, 5.74) is 1.35. The Labute approximate surface area is 44.5 Å². The van der Waals surface area contributed by atoms with E-state index in [2.05, 4.69) is 25.7 Å². The van der Waals surface area contributed by atoms with Gasteiger partial charge in [0.25, 0.3) is 0 Å². The van der Waals surface area contributed by atoms with Gasteiger partial charge >= 0.3 is 0 Å². The number of rotatable bonds is 0. The van der Waals surface area contributed by atoms with Gasteiger partial charge in [-0.2, -0.15) is 0 Å². The molecule has 0 aromatic rings. The minimum absolute atomic E-state index is 0.639. The van der Waals surface area contributed by atoms with E-state index < -0.39 is 0 Å². The third-order valence-electron chi connectivity index (χ3n) is 1.45. The van der Waals surface area contributed by atoms with E-state index in [0.717, 1.165) is 6.42 Å². The number of hydrogen-bond acceptors (Lipinski definition) is 0. The molecule has 0 fully saturated rings. The van der Waals surface area contributed by atoms with Gasteiger partial charge in [0.15, 0.2) is 0 Å². The molecule has 0 aromatic carbocycles. The molecule has 1 aliphatic carbocycles. The lowest BCUT2D eigenvalue weighted by Gasteiger charge is -1.96. The Bertz CT molecular complexity index is 109. The lowest BCUT2D eigenvalue weighted by atomic mass is 10.1. The molecule has 7 heavy (non-hydrogen) atoms. The zero-order chi connectivity index (χ0) is 5.28. The molecule has 0 bridgehead atoms. The van der Waals surface area contributed by atoms with Gasteiger partial charge < -0.3 is 0 Å². The van der Waals surface area contributed by atoms with Crippen LogP contribution < -0.4 is 0 Å². The van der Waals surface area contributed by atoms with Crippen LogP contribution in [-0.4, -0.2) is 0 Å². The van der Waals surface area contributed by atoms with Crippen LogP contribution in [0.1, 0.15) is 13.3 Å². The minimum atomic E-state index is 0.639. The van der Waals surface area contributed by atoms with E-state index in [-0.39, 0.29) is 0 Å². The highest BCUT2D eigenvalue weighted by Crippen LogP contribution is 2.20. The van der Waals surface area contributed by atoms with Gasteiger partial charge in [-0.3, -0.25) is 0 Å². The molecule has 1 unspecified atom stereocenters. The maximum absolute atomic E-state index is 3.87. The van der Waals surface area contributed by atoms with E-state index in [0.29, 0.717) is 5.92 Å². The normalized spacial score (nSPS) is 29.3. The smallest absolute Gasteiger partial charge is 0.00511 e. The van der Waals surface area contributed by atoms with Crippen molar-refractivity contribution in [2.75, 3.05) is 0 Å². The lowest BCUT2D eigenvalue weighted by Crippen LogP contribution is -1.83. The van der Waals surface area contributed by atoms with Crippen molar-refractivity contribution >= 4 is 0 Å². The van der Waals surface area contributed by atoms with Gasteiger partial charge in [0.2, 0.25) is 0 Å². The molecule has 0 heteroatoms. The summed E-state index contributed by atoms with van der Waals surface area (Å²) in [7, 11) is 0. The molecule has 0 N–H and O–H groups in total. The fraction of sp³-hybridized carbons (Fsp3) is 0.429. The minimum Gasteiger partial charge on any atom is -0.0990 e. The van der Waals surface area contributed by atoms with E-state index in [4.69, 9.17) is 0 Å². The molecule has 38 valence electrons. The second kappa shape index (κ2) is 1.53. The Morgan fingerprint density at radius 2 is 2.57 bits per heavy atom. The summed E-state index contributed by atoms with van der Waals surface area (Å²) in [4.78, 5) is 0. The fourth-order valence-corrected chi connectivity index (χ4v) is 0.746. The van der Waals surface area contributed by atoms with Crippen molar-refractivity contribution in [3.63, 3.8) is 0 Å². The van der Waals surface area contributed by atoms with Crippen molar-refractivity contribution in [1.29, 1.82) is 0 Å². The second-order valence-electron chi connectivity index (χ2n) is 2.08. The van der Waals surface area contributed by atoms with Crippen LogP contribution in [0, 0.1) is 5.92 Å². The number of allylic oxidation sites excluding steroid dienone is 3. The van der Waals surface area contributed by atoms with Crippen LogP contribution in [-0.2, 0) is 0 Å². The SMILES string of the molecule is C=C1CC=CC1C. The summed E-state index contributed by atoms with van der Waals surface area (Å²) in [6.45, 7) is 6.05. The monoisotopic (exact) mass is 94.1 g/mol. The maximum atomic E-state index is 3.87. The zero-order valence-electron chi connectivity index (χ0n) is 4.65. The summed E-state index contributed by atoms with van der Waals surface area (Å²) in [5.74, 6) is 0.639. The highest BCUT2D eigenvalue weighted by molar-refractivity contribution is 5.18. The van der Waals surface area contributed by atoms with Crippen molar-refractivity contribution in [3.05, 3.63) is 24.3 Å². The Kier molecular flexibility index (Phi) is 1.01. The number of hydrogen-bond donors (Lipinski definition) is 0. The molecule has 1 aliphatic rings. The van der Waals surface area contributed by atoms with E-state index >= 15 is 0 Å². The van der Waals surface area contributed by atoms with Crippen LogP contribution in [0.4, 0.5) is 0 Å². The standard InChI is InChI=1S/C7H10/c1-6-4-3-5-7(6)2/h3,5,7H,1,4H2,2H3. The summed E-state index contributed by atoms with van der Waals surface area (Å²) in [6.07, 6.45) is 5.47. The maximum Gasteiger partial charge on any atom is -0.00511 e. The van der Waals surface area contributed by atoms with Gasteiger partial charge in [-0.05, 0) is 12.3 Å². The van der Waals surface area contributed by atoms with Crippen LogP contribution >= 0.6 is 0 Å². The first kappa shape index (κ1) is 4.63. The van der Waals surface area contributed by atoms with Gasteiger partial charge in [-0.1, -0.05) is 31.2 Å². The third kappa shape index (κ3) is 0.738. The first-order valence-corrected chi connectivity index (χ1v) is 2.65. The summed E-state index contributed by atoms with van der Waals surface area (Å²) in [6, 6.07) is 0. The van der Waals surface area contributed by atoms with E-state index in [1.54, 1.807) is 0 Å². The van der Waals surface area contributed by atoms with Crippen LogP contribution in [0.15, 0.2) is 24.3 Å². The van der Waals surface area contributed by atoms with E-state index in [1.165, 1.54) is 5.57 Å². The molecule has 0 nitrogen and oxygen atoms in total.